The molecule has 6 nitrogen and oxygen atoms in total. The monoisotopic (exact) mass is 454 g/mol. The van der Waals surface area contributed by atoms with E-state index in [1.165, 1.54) is 38.5 Å². The molecule has 1 saturated heterocycles. The average molecular weight is 455 g/mol. The molecule has 0 unspecified atom stereocenters. The number of hydrogen-bond acceptors (Lipinski definition) is 4. The standard InChI is InChI=1S/C25H34N4O2S/c1-17(30)28-6-8-29(9-7-28)22-4-2-21(3-5-22)26-24(32)27-23(31)16-25-13-18-10-19(14-25)12-20(11-18)15-25/h2-5,18-20H,6-16H2,1H3,(H2,26,27,31,32). The van der Waals surface area contributed by atoms with Gasteiger partial charge in [-0.25, -0.2) is 0 Å². The molecule has 172 valence electrons. The van der Waals surface area contributed by atoms with Crippen molar-refractivity contribution in [1.29, 1.82) is 0 Å². The maximum Gasteiger partial charge on any atom is 0.226 e. The van der Waals surface area contributed by atoms with E-state index in [1.54, 1.807) is 6.92 Å². The highest BCUT2D eigenvalue weighted by Crippen LogP contribution is 2.61. The summed E-state index contributed by atoms with van der Waals surface area (Å²) in [4.78, 5) is 28.5. The second-order valence-corrected chi connectivity index (χ2v) is 11.0. The fourth-order valence-corrected chi connectivity index (χ4v) is 7.45. The van der Waals surface area contributed by atoms with Gasteiger partial charge in [-0.2, -0.15) is 0 Å². The van der Waals surface area contributed by atoms with Gasteiger partial charge in [0.15, 0.2) is 5.11 Å². The molecule has 5 fully saturated rings. The van der Waals surface area contributed by atoms with Gasteiger partial charge in [0.2, 0.25) is 11.8 Å². The summed E-state index contributed by atoms with van der Waals surface area (Å²) in [6.45, 7) is 4.82. The van der Waals surface area contributed by atoms with Crippen molar-refractivity contribution >= 4 is 40.5 Å². The molecule has 32 heavy (non-hydrogen) atoms. The van der Waals surface area contributed by atoms with E-state index in [2.05, 4.69) is 27.7 Å². The molecule has 0 radical (unpaired) electrons. The second kappa shape index (κ2) is 8.65. The first-order valence-electron chi connectivity index (χ1n) is 12.1. The Morgan fingerprint density at radius 1 is 0.969 bits per heavy atom. The lowest BCUT2D eigenvalue weighted by molar-refractivity contribution is -0.129. The number of nitrogens with one attached hydrogen (secondary N) is 2. The Morgan fingerprint density at radius 2 is 1.53 bits per heavy atom. The van der Waals surface area contributed by atoms with Crippen LogP contribution in [0, 0.1) is 23.2 Å². The van der Waals surface area contributed by atoms with Crippen molar-refractivity contribution in [3.8, 4) is 0 Å². The molecule has 4 aliphatic carbocycles. The highest BCUT2D eigenvalue weighted by Gasteiger charge is 2.51. The number of nitrogens with zero attached hydrogens (tertiary/aromatic N) is 2. The zero-order valence-electron chi connectivity index (χ0n) is 18.9. The Labute approximate surface area is 196 Å². The largest absolute Gasteiger partial charge is 0.368 e. The molecule has 2 N–H and O–H groups in total. The second-order valence-electron chi connectivity index (χ2n) is 10.6. The number of amides is 2. The average Bonchev–Trinajstić information content (AvgIpc) is 2.72. The topological polar surface area (TPSA) is 64.7 Å². The van der Waals surface area contributed by atoms with Crippen LogP contribution >= 0.6 is 12.2 Å². The zero-order chi connectivity index (χ0) is 22.3. The van der Waals surface area contributed by atoms with Gasteiger partial charge >= 0.3 is 0 Å². The molecular formula is C25H34N4O2S. The first-order chi connectivity index (χ1) is 15.4. The van der Waals surface area contributed by atoms with Crippen LogP contribution < -0.4 is 15.5 Å². The van der Waals surface area contributed by atoms with Crippen LogP contribution in [0.4, 0.5) is 11.4 Å². The number of anilines is 2. The Hall–Kier alpha value is -2.15. The number of carbonyl (C=O) groups excluding carboxylic acids is 2. The molecule has 1 aromatic rings. The third-order valence-corrected chi connectivity index (χ3v) is 8.37. The number of hydrogen-bond donors (Lipinski definition) is 2. The van der Waals surface area contributed by atoms with E-state index in [1.807, 2.05) is 17.0 Å². The lowest BCUT2D eigenvalue weighted by Gasteiger charge is -2.56. The van der Waals surface area contributed by atoms with E-state index in [0.717, 1.165) is 55.3 Å². The number of rotatable bonds is 4. The summed E-state index contributed by atoms with van der Waals surface area (Å²) in [7, 11) is 0. The van der Waals surface area contributed by atoms with E-state index in [0.29, 0.717) is 11.5 Å². The van der Waals surface area contributed by atoms with Crippen molar-refractivity contribution in [1.82, 2.24) is 10.2 Å². The molecule has 0 aromatic heterocycles. The lowest BCUT2D eigenvalue weighted by atomic mass is 9.49. The molecule has 7 heteroatoms. The van der Waals surface area contributed by atoms with Crippen LogP contribution in [0.3, 0.4) is 0 Å². The van der Waals surface area contributed by atoms with Crippen LogP contribution in [0.1, 0.15) is 51.9 Å². The van der Waals surface area contributed by atoms with Crippen LogP contribution in [-0.2, 0) is 9.59 Å². The predicted octanol–water partition coefficient (Wildman–Crippen LogP) is 3.77. The normalized spacial score (nSPS) is 30.8. The van der Waals surface area contributed by atoms with E-state index >= 15 is 0 Å². The van der Waals surface area contributed by atoms with Gasteiger partial charge in [0.05, 0.1) is 0 Å². The van der Waals surface area contributed by atoms with E-state index in [4.69, 9.17) is 12.2 Å². The quantitative estimate of drug-likeness (QED) is 0.678. The van der Waals surface area contributed by atoms with Crippen molar-refractivity contribution in [3.63, 3.8) is 0 Å². The van der Waals surface area contributed by atoms with Gasteiger partial charge < -0.3 is 20.4 Å². The van der Waals surface area contributed by atoms with Crippen LogP contribution in [0.25, 0.3) is 0 Å². The third-order valence-electron chi connectivity index (χ3n) is 8.17. The molecule has 2 amide bonds. The van der Waals surface area contributed by atoms with Gasteiger partial charge in [0.25, 0.3) is 0 Å². The van der Waals surface area contributed by atoms with Gasteiger partial charge in [-0.15, -0.1) is 0 Å². The van der Waals surface area contributed by atoms with Crippen molar-refractivity contribution in [2.45, 2.75) is 51.9 Å². The van der Waals surface area contributed by atoms with E-state index < -0.39 is 0 Å². The molecule has 6 rings (SSSR count). The first kappa shape index (κ1) is 21.7. The summed E-state index contributed by atoms with van der Waals surface area (Å²) in [6, 6.07) is 8.10. The van der Waals surface area contributed by atoms with Gasteiger partial charge in [-0.05, 0) is 98.2 Å². The Bertz CT molecular complexity index is 856. The van der Waals surface area contributed by atoms with Crippen LogP contribution in [-0.4, -0.2) is 48.0 Å². The van der Waals surface area contributed by atoms with Crippen LogP contribution in [0.5, 0.6) is 0 Å². The SMILES string of the molecule is CC(=O)N1CCN(c2ccc(NC(=S)NC(=O)CC34CC5CC(CC(C5)C3)C4)cc2)CC1. The van der Waals surface area contributed by atoms with Gasteiger partial charge in [-0.3, -0.25) is 9.59 Å². The maximum atomic E-state index is 12.8. The minimum Gasteiger partial charge on any atom is -0.368 e. The number of benzene rings is 1. The number of piperazine rings is 1. The Morgan fingerprint density at radius 3 is 2.06 bits per heavy atom. The number of carbonyl (C=O) groups is 2. The Kier molecular flexibility index (Phi) is 5.86. The van der Waals surface area contributed by atoms with Gasteiger partial charge in [0.1, 0.15) is 0 Å². The summed E-state index contributed by atoms with van der Waals surface area (Å²) in [5.74, 6) is 2.75. The summed E-state index contributed by atoms with van der Waals surface area (Å²) in [6.07, 6.45) is 8.48. The van der Waals surface area contributed by atoms with E-state index in [-0.39, 0.29) is 17.2 Å². The minimum atomic E-state index is 0.0596. The summed E-state index contributed by atoms with van der Waals surface area (Å²) in [5, 5.41) is 6.47. The van der Waals surface area contributed by atoms with Gasteiger partial charge in [-0.1, -0.05) is 0 Å². The van der Waals surface area contributed by atoms with Crippen molar-refractivity contribution < 1.29 is 9.59 Å². The predicted molar refractivity (Wildman–Crippen MR) is 130 cm³/mol. The molecular weight excluding hydrogens is 420 g/mol. The minimum absolute atomic E-state index is 0.0596. The molecule has 1 aromatic carbocycles. The van der Waals surface area contributed by atoms with Gasteiger partial charge in [0, 0.05) is 50.9 Å². The first-order valence-corrected chi connectivity index (χ1v) is 12.5. The van der Waals surface area contributed by atoms with Crippen LogP contribution in [0.2, 0.25) is 0 Å². The van der Waals surface area contributed by atoms with E-state index in [9.17, 15) is 9.59 Å². The molecule has 0 atom stereocenters. The van der Waals surface area contributed by atoms with Crippen LogP contribution in [0.15, 0.2) is 24.3 Å². The summed E-state index contributed by atoms with van der Waals surface area (Å²) in [5.41, 5.74) is 2.23. The molecule has 4 bridgehead atoms. The molecule has 4 saturated carbocycles. The van der Waals surface area contributed by atoms with Crippen molar-refractivity contribution in [3.05, 3.63) is 24.3 Å². The van der Waals surface area contributed by atoms with Crippen molar-refractivity contribution in [2.75, 3.05) is 36.4 Å². The molecule has 5 aliphatic rings. The maximum absolute atomic E-state index is 12.8. The highest BCUT2D eigenvalue weighted by atomic mass is 32.1. The Balaban J connectivity index is 1.11. The number of thiocarbonyl (C=S) groups is 1. The molecule has 1 aliphatic heterocycles. The zero-order valence-corrected chi connectivity index (χ0v) is 19.8. The lowest BCUT2D eigenvalue weighted by Crippen LogP contribution is -2.48. The fourth-order valence-electron chi connectivity index (χ4n) is 7.22. The molecule has 1 heterocycles. The highest BCUT2D eigenvalue weighted by molar-refractivity contribution is 7.80. The fraction of sp³-hybridized carbons (Fsp3) is 0.640. The third kappa shape index (κ3) is 4.63. The smallest absolute Gasteiger partial charge is 0.226 e. The summed E-state index contributed by atoms with van der Waals surface area (Å²) < 4.78 is 0. The van der Waals surface area contributed by atoms with Crippen molar-refractivity contribution in [2.24, 2.45) is 23.2 Å². The summed E-state index contributed by atoms with van der Waals surface area (Å²) >= 11 is 5.43. The molecule has 0 spiro atoms.